The Kier molecular flexibility index (Phi) is 6.24. The minimum Gasteiger partial charge on any atom is -0.636 e. The summed E-state index contributed by atoms with van der Waals surface area (Å²) in [6.45, 7) is 0. The summed E-state index contributed by atoms with van der Waals surface area (Å²) in [5, 5.41) is 3.02. The van der Waals surface area contributed by atoms with Crippen LogP contribution in [0.15, 0.2) is 60.7 Å². The van der Waals surface area contributed by atoms with Crippen molar-refractivity contribution < 1.29 is 9.69 Å². The van der Waals surface area contributed by atoms with Crippen LogP contribution in [0.1, 0.15) is 37.3 Å². The van der Waals surface area contributed by atoms with Crippen molar-refractivity contribution >= 4 is 19.5 Å². The number of rotatable bonds is 5. The minimum absolute atomic E-state index is 0.179. The Morgan fingerprint density at radius 3 is 2.03 bits per heavy atom. The summed E-state index contributed by atoms with van der Waals surface area (Å²) in [5.41, 5.74) is 1.57. The van der Waals surface area contributed by atoms with E-state index in [4.69, 9.17) is 0 Å². The van der Waals surface area contributed by atoms with Gasteiger partial charge in [-0.25, -0.2) is 0 Å². The molecule has 1 heterocycles. The van der Waals surface area contributed by atoms with Crippen LogP contribution in [0.5, 0.6) is 0 Å². The number of nitrogens with one attached hydrogen (secondary N) is 1. The van der Waals surface area contributed by atoms with Crippen molar-refractivity contribution in [3.63, 3.8) is 0 Å². The first-order chi connectivity index (χ1) is 14.4. The third-order valence-corrected chi connectivity index (χ3v) is 9.96. The lowest BCUT2D eigenvalue weighted by Gasteiger charge is -2.45. The maximum atomic E-state index is 14.5. The van der Waals surface area contributed by atoms with Gasteiger partial charge in [-0.2, -0.15) is 9.34 Å². The third-order valence-electron chi connectivity index (χ3n) is 6.67. The molecule has 1 saturated carbocycles. The topological polar surface area (TPSA) is 61.9 Å². The first kappa shape index (κ1) is 21.4. The van der Waals surface area contributed by atoms with Crippen molar-refractivity contribution in [3.05, 3.63) is 66.2 Å². The number of hydrogen-bond donors (Lipinski definition) is 1. The minimum atomic E-state index is -3.09. The van der Waals surface area contributed by atoms with Crippen molar-refractivity contribution in [3.8, 4) is 0 Å². The van der Waals surface area contributed by atoms with Gasteiger partial charge in [0.2, 0.25) is 5.91 Å². The lowest BCUT2D eigenvalue weighted by atomic mass is 9.91. The molecule has 1 saturated heterocycles. The monoisotopic (exact) mass is 426 g/mol. The average molecular weight is 427 g/mol. The van der Waals surface area contributed by atoms with E-state index >= 15 is 0 Å². The van der Waals surface area contributed by atoms with Gasteiger partial charge in [0.25, 0.3) is 0 Å². The fourth-order valence-corrected chi connectivity index (χ4v) is 8.26. The molecule has 4 rings (SSSR count). The van der Waals surface area contributed by atoms with Crippen molar-refractivity contribution in [1.82, 2.24) is 14.0 Å². The van der Waals surface area contributed by atoms with Gasteiger partial charge in [-0.1, -0.05) is 61.4 Å². The molecule has 1 aliphatic carbocycles. The zero-order chi connectivity index (χ0) is 21.3. The van der Waals surface area contributed by atoms with E-state index in [1.54, 1.807) is 4.67 Å². The molecular formula is C23H31N4O2P. The number of amides is 1. The molecule has 160 valence electrons. The second kappa shape index (κ2) is 8.74. The molecule has 0 spiro atoms. The van der Waals surface area contributed by atoms with E-state index in [0.29, 0.717) is 0 Å². The molecular weight excluding hydrogens is 395 g/mol. The van der Waals surface area contributed by atoms with Gasteiger partial charge in [-0.3, -0.25) is 4.79 Å². The number of fused-ring (bicyclic) bond motifs is 1. The van der Waals surface area contributed by atoms with Crippen molar-refractivity contribution in [1.29, 1.82) is 0 Å². The highest BCUT2D eigenvalue weighted by Crippen LogP contribution is 2.68. The molecule has 1 aliphatic heterocycles. The van der Waals surface area contributed by atoms with E-state index in [9.17, 15) is 9.69 Å². The van der Waals surface area contributed by atoms with Crippen LogP contribution in [0.3, 0.4) is 0 Å². The Balaban J connectivity index is 1.69. The molecule has 6 nitrogen and oxygen atoms in total. The molecule has 1 amide bonds. The van der Waals surface area contributed by atoms with Crippen LogP contribution in [-0.4, -0.2) is 53.1 Å². The summed E-state index contributed by atoms with van der Waals surface area (Å²) in [6, 6.07) is 18.9. The Morgan fingerprint density at radius 1 is 1.00 bits per heavy atom. The largest absolute Gasteiger partial charge is 0.636 e. The summed E-state index contributed by atoms with van der Waals surface area (Å²) in [4.78, 5) is 28.0. The van der Waals surface area contributed by atoms with Gasteiger partial charge in [0.05, 0.1) is 12.1 Å². The van der Waals surface area contributed by atoms with Crippen LogP contribution in [0.2, 0.25) is 0 Å². The number of benzene rings is 2. The highest BCUT2D eigenvalue weighted by Gasteiger charge is 2.60. The zero-order valence-electron chi connectivity index (χ0n) is 17.9. The van der Waals surface area contributed by atoms with Crippen LogP contribution in [0.4, 0.5) is 5.69 Å². The SMILES string of the molecule is CN(C(C(=O)Nc1ccccc1)c1ccccc1)[P+]1([O-])N(C)[C@H]2CCCC[C@@H]2N1C. The van der Waals surface area contributed by atoms with Gasteiger partial charge in [0.15, 0.2) is 14.0 Å². The lowest BCUT2D eigenvalue weighted by Crippen LogP contribution is -2.46. The molecule has 2 fully saturated rings. The molecule has 0 aromatic heterocycles. The number of hydrogen-bond acceptors (Lipinski definition) is 5. The second-order valence-corrected chi connectivity index (χ2v) is 11.2. The van der Waals surface area contributed by atoms with Crippen LogP contribution >= 0.6 is 7.94 Å². The van der Waals surface area contributed by atoms with Gasteiger partial charge < -0.3 is 10.2 Å². The van der Waals surface area contributed by atoms with Gasteiger partial charge in [0, 0.05) is 26.8 Å². The molecule has 1 N–H and O–H groups in total. The number of nitrogens with zero attached hydrogens (tertiary/aromatic N) is 3. The Morgan fingerprint density at radius 2 is 1.50 bits per heavy atom. The van der Waals surface area contributed by atoms with E-state index in [2.05, 4.69) is 5.32 Å². The number of carbonyl (C=O) groups excluding carboxylic acids is 1. The molecule has 3 atom stereocenters. The van der Waals surface area contributed by atoms with Crippen LogP contribution in [0.25, 0.3) is 0 Å². The van der Waals surface area contributed by atoms with Gasteiger partial charge in [0.1, 0.15) is 0 Å². The predicted octanol–water partition coefficient (Wildman–Crippen LogP) is 3.52. The van der Waals surface area contributed by atoms with Crippen LogP contribution in [0, 0.1) is 0 Å². The van der Waals surface area contributed by atoms with Crippen molar-refractivity contribution in [2.45, 2.75) is 43.8 Å². The number of carbonyl (C=O) groups is 1. The molecule has 2 aromatic carbocycles. The number of anilines is 1. The van der Waals surface area contributed by atoms with E-state index in [0.717, 1.165) is 24.1 Å². The first-order valence-electron chi connectivity index (χ1n) is 10.7. The first-order valence-corrected chi connectivity index (χ1v) is 12.2. The quantitative estimate of drug-likeness (QED) is 0.742. The predicted molar refractivity (Wildman–Crippen MR) is 121 cm³/mol. The Hall–Kier alpha value is -1.82. The van der Waals surface area contributed by atoms with E-state index in [-0.39, 0.29) is 18.0 Å². The van der Waals surface area contributed by atoms with Gasteiger partial charge in [-0.15, -0.1) is 4.67 Å². The average Bonchev–Trinajstić information content (AvgIpc) is 2.97. The zero-order valence-corrected chi connectivity index (χ0v) is 18.8. The van der Waals surface area contributed by atoms with Gasteiger partial charge in [-0.05, 0) is 30.5 Å². The van der Waals surface area contributed by atoms with Crippen molar-refractivity contribution in [2.24, 2.45) is 0 Å². The molecule has 2 aromatic rings. The molecule has 2 aliphatic rings. The molecule has 0 radical (unpaired) electrons. The summed E-state index contributed by atoms with van der Waals surface area (Å²) in [7, 11) is 2.66. The Bertz CT molecular complexity index is 848. The van der Waals surface area contributed by atoms with Crippen molar-refractivity contribution in [2.75, 3.05) is 26.5 Å². The molecule has 7 heteroatoms. The highest BCUT2D eigenvalue weighted by molar-refractivity contribution is 7.62. The number of para-hydroxylation sites is 1. The lowest BCUT2D eigenvalue weighted by molar-refractivity contribution is -0.204. The fourth-order valence-electron chi connectivity index (χ4n) is 5.07. The third kappa shape index (κ3) is 3.68. The molecule has 0 bridgehead atoms. The standard InChI is InChI=1S/C23H31N4O2P/c1-25-20-16-10-11-17-21(20)26(2)30(25,29)27(3)22(18-12-6-4-7-13-18)23(28)24-19-14-8-5-9-15-19/h4-9,12-15,20-22H,10-11,16-17H2,1-3H3,(H,24,28)/t20-,21-,22?/m0/s1. The van der Waals surface area contributed by atoms with Crippen LogP contribution in [-0.2, 0) is 4.79 Å². The maximum absolute atomic E-state index is 14.5. The Labute approximate surface area is 180 Å². The fraction of sp³-hybridized carbons (Fsp3) is 0.435. The number of likely N-dealkylation sites (N-methyl/N-ethyl adjacent to an activating group) is 3. The summed E-state index contributed by atoms with van der Waals surface area (Å²) in [5.74, 6) is -0.179. The second-order valence-electron chi connectivity index (χ2n) is 8.32. The van der Waals surface area contributed by atoms with Gasteiger partial charge >= 0.3 is 0 Å². The smallest absolute Gasteiger partial charge is 0.250 e. The van der Waals surface area contributed by atoms with E-state index in [1.807, 2.05) is 91.1 Å². The molecule has 30 heavy (non-hydrogen) atoms. The summed E-state index contributed by atoms with van der Waals surface area (Å²) >= 11 is 0. The van der Waals surface area contributed by atoms with E-state index < -0.39 is 14.0 Å². The summed E-state index contributed by atoms with van der Waals surface area (Å²) < 4.78 is 5.89. The molecule has 1 unspecified atom stereocenters. The summed E-state index contributed by atoms with van der Waals surface area (Å²) in [6.07, 6.45) is 4.43. The maximum Gasteiger partial charge on any atom is 0.250 e. The normalized spacial score (nSPS) is 25.1. The van der Waals surface area contributed by atoms with E-state index in [1.165, 1.54) is 12.8 Å². The highest BCUT2D eigenvalue weighted by atomic mass is 31.2. The van der Waals surface area contributed by atoms with Crippen LogP contribution < -0.4 is 10.2 Å².